The van der Waals surface area contributed by atoms with Gasteiger partial charge in [0.2, 0.25) is 0 Å². The Bertz CT molecular complexity index is 581. The summed E-state index contributed by atoms with van der Waals surface area (Å²) in [6.07, 6.45) is 5.20. The van der Waals surface area contributed by atoms with E-state index in [1.54, 1.807) is 11.3 Å². The van der Waals surface area contributed by atoms with Crippen molar-refractivity contribution in [2.75, 3.05) is 11.9 Å². The number of hydrogen-bond acceptors (Lipinski definition) is 5. The first-order chi connectivity index (χ1) is 8.78. The summed E-state index contributed by atoms with van der Waals surface area (Å²) in [7, 11) is 0. The van der Waals surface area contributed by atoms with Crippen LogP contribution in [0, 0.1) is 2.88 Å². The molecule has 0 bridgehead atoms. The van der Waals surface area contributed by atoms with Gasteiger partial charge < -0.3 is 5.32 Å². The minimum atomic E-state index is 0.763. The molecule has 6 heteroatoms. The van der Waals surface area contributed by atoms with Gasteiger partial charge in [0, 0.05) is 17.8 Å². The van der Waals surface area contributed by atoms with Gasteiger partial charge in [0.15, 0.2) is 10.8 Å². The summed E-state index contributed by atoms with van der Waals surface area (Å²) in [6.45, 7) is 2.98. The quantitative estimate of drug-likeness (QED) is 0.842. The fraction of sp³-hybridized carbons (Fsp3) is 0.417. The predicted molar refractivity (Wildman–Crippen MR) is 82.0 cm³/mol. The predicted octanol–water partition coefficient (Wildman–Crippen LogP) is 3.13. The van der Waals surface area contributed by atoms with E-state index in [-0.39, 0.29) is 0 Å². The van der Waals surface area contributed by atoms with Gasteiger partial charge in [-0.1, -0.05) is 0 Å². The van der Waals surface area contributed by atoms with Crippen LogP contribution in [0.4, 0.5) is 5.82 Å². The molecule has 4 nitrogen and oxygen atoms in total. The molecule has 1 aliphatic rings. The Morgan fingerprint density at radius 2 is 2.28 bits per heavy atom. The third-order valence-electron chi connectivity index (χ3n) is 2.95. The van der Waals surface area contributed by atoms with Crippen molar-refractivity contribution in [3.05, 3.63) is 20.3 Å². The van der Waals surface area contributed by atoms with Crippen molar-refractivity contribution < 1.29 is 0 Å². The molecule has 2 aromatic heterocycles. The molecule has 18 heavy (non-hydrogen) atoms. The lowest BCUT2D eigenvalue weighted by atomic mass is 10.2. The Hall–Kier alpha value is -0.760. The van der Waals surface area contributed by atoms with Crippen LogP contribution in [0.25, 0.3) is 10.8 Å². The van der Waals surface area contributed by atoms with Gasteiger partial charge in [-0.3, -0.25) is 0 Å². The zero-order chi connectivity index (χ0) is 12.5. The van der Waals surface area contributed by atoms with Crippen molar-refractivity contribution >= 4 is 39.7 Å². The van der Waals surface area contributed by atoms with E-state index < -0.39 is 0 Å². The van der Waals surface area contributed by atoms with Gasteiger partial charge in [-0.15, -0.1) is 11.3 Å². The standard InChI is InChI=1S/C12H13IN4S/c1-2-14-10-7-4-3-5-8(7)16-11(17-10)12-15-6-9(13)18-12/h6H,2-5H2,1H3,(H,14,16,17). The number of rotatable bonds is 3. The maximum Gasteiger partial charge on any atom is 0.190 e. The van der Waals surface area contributed by atoms with Crippen LogP contribution >= 0.6 is 33.9 Å². The largest absolute Gasteiger partial charge is 0.370 e. The second kappa shape index (κ2) is 5.08. The highest BCUT2D eigenvalue weighted by Crippen LogP contribution is 2.30. The highest BCUT2D eigenvalue weighted by Gasteiger charge is 2.20. The van der Waals surface area contributed by atoms with Gasteiger partial charge in [0.1, 0.15) is 5.82 Å². The summed E-state index contributed by atoms with van der Waals surface area (Å²) < 4.78 is 1.16. The van der Waals surface area contributed by atoms with Crippen molar-refractivity contribution in [1.82, 2.24) is 15.0 Å². The molecule has 0 unspecified atom stereocenters. The lowest BCUT2D eigenvalue weighted by molar-refractivity contribution is 0.899. The fourth-order valence-electron chi connectivity index (χ4n) is 2.20. The van der Waals surface area contributed by atoms with Crippen molar-refractivity contribution in [3.8, 4) is 10.8 Å². The van der Waals surface area contributed by atoms with Crippen molar-refractivity contribution in [2.45, 2.75) is 26.2 Å². The first-order valence-corrected chi connectivity index (χ1v) is 7.93. The molecule has 0 saturated carbocycles. The molecule has 0 spiro atoms. The molecule has 2 aromatic rings. The molecule has 0 radical (unpaired) electrons. The van der Waals surface area contributed by atoms with Crippen molar-refractivity contribution in [2.24, 2.45) is 0 Å². The topological polar surface area (TPSA) is 50.7 Å². The molecule has 0 aromatic carbocycles. The van der Waals surface area contributed by atoms with Crippen molar-refractivity contribution in [3.63, 3.8) is 0 Å². The summed E-state index contributed by atoms with van der Waals surface area (Å²) in [4.78, 5) is 13.7. The molecular formula is C12H13IN4S. The molecule has 0 fully saturated rings. The Morgan fingerprint density at radius 1 is 1.39 bits per heavy atom. The van der Waals surface area contributed by atoms with Gasteiger partial charge in [-0.25, -0.2) is 15.0 Å². The zero-order valence-corrected chi connectivity index (χ0v) is 13.0. The monoisotopic (exact) mass is 372 g/mol. The average Bonchev–Trinajstić information content (AvgIpc) is 2.97. The van der Waals surface area contributed by atoms with E-state index in [1.165, 1.54) is 17.7 Å². The smallest absolute Gasteiger partial charge is 0.190 e. The molecule has 1 N–H and O–H groups in total. The van der Waals surface area contributed by atoms with E-state index in [1.807, 2.05) is 6.20 Å². The number of thiazole rings is 1. The Morgan fingerprint density at radius 3 is 3.00 bits per heavy atom. The number of nitrogens with one attached hydrogen (secondary N) is 1. The molecule has 0 aliphatic heterocycles. The van der Waals surface area contributed by atoms with E-state index >= 15 is 0 Å². The van der Waals surface area contributed by atoms with Gasteiger partial charge in [-0.05, 0) is 48.8 Å². The zero-order valence-electron chi connectivity index (χ0n) is 10.0. The summed E-state index contributed by atoms with van der Waals surface area (Å²) in [5.41, 5.74) is 2.49. The Labute approximate surface area is 123 Å². The number of fused-ring (bicyclic) bond motifs is 1. The molecular weight excluding hydrogens is 359 g/mol. The average molecular weight is 372 g/mol. The minimum absolute atomic E-state index is 0.763. The van der Waals surface area contributed by atoms with Crippen LogP contribution in [0.2, 0.25) is 0 Å². The second-order valence-corrected chi connectivity index (χ2v) is 7.10. The molecule has 1 aliphatic carbocycles. The lowest BCUT2D eigenvalue weighted by Crippen LogP contribution is -2.06. The van der Waals surface area contributed by atoms with Crippen LogP contribution in [-0.2, 0) is 12.8 Å². The number of hydrogen-bond donors (Lipinski definition) is 1. The van der Waals surface area contributed by atoms with E-state index in [0.29, 0.717) is 0 Å². The Balaban J connectivity index is 2.08. The maximum absolute atomic E-state index is 4.67. The summed E-state index contributed by atoms with van der Waals surface area (Å²) in [6, 6.07) is 0. The van der Waals surface area contributed by atoms with Gasteiger partial charge >= 0.3 is 0 Å². The maximum atomic E-state index is 4.67. The number of anilines is 1. The fourth-order valence-corrected chi connectivity index (χ4v) is 3.54. The van der Waals surface area contributed by atoms with E-state index in [2.05, 4.69) is 49.8 Å². The minimum Gasteiger partial charge on any atom is -0.370 e. The lowest BCUT2D eigenvalue weighted by Gasteiger charge is -2.09. The first-order valence-electron chi connectivity index (χ1n) is 6.03. The van der Waals surface area contributed by atoms with Crippen LogP contribution in [0.1, 0.15) is 24.6 Å². The third kappa shape index (κ3) is 2.23. The molecule has 0 atom stereocenters. The molecule has 3 rings (SSSR count). The van der Waals surface area contributed by atoms with E-state index in [9.17, 15) is 0 Å². The van der Waals surface area contributed by atoms with Crippen LogP contribution in [0.5, 0.6) is 0 Å². The van der Waals surface area contributed by atoms with Crippen LogP contribution in [0.3, 0.4) is 0 Å². The molecule has 2 heterocycles. The first kappa shape index (κ1) is 12.3. The SMILES string of the molecule is CCNc1nc(-c2ncc(I)s2)nc2c1CCC2. The van der Waals surface area contributed by atoms with Gasteiger partial charge in [0.25, 0.3) is 0 Å². The van der Waals surface area contributed by atoms with E-state index in [4.69, 9.17) is 0 Å². The summed E-state index contributed by atoms with van der Waals surface area (Å²) >= 11 is 3.91. The highest BCUT2D eigenvalue weighted by molar-refractivity contribution is 14.1. The number of nitrogens with zero attached hydrogens (tertiary/aromatic N) is 3. The normalized spacial score (nSPS) is 13.7. The number of halogens is 1. The van der Waals surface area contributed by atoms with E-state index in [0.717, 1.165) is 38.9 Å². The van der Waals surface area contributed by atoms with Crippen LogP contribution in [0.15, 0.2) is 6.20 Å². The van der Waals surface area contributed by atoms with Gasteiger partial charge in [0.05, 0.1) is 9.08 Å². The number of aromatic nitrogens is 3. The summed E-state index contributed by atoms with van der Waals surface area (Å²) in [5, 5.41) is 4.26. The Kier molecular flexibility index (Phi) is 3.47. The highest BCUT2D eigenvalue weighted by atomic mass is 127. The van der Waals surface area contributed by atoms with Crippen molar-refractivity contribution in [1.29, 1.82) is 0 Å². The second-order valence-electron chi connectivity index (χ2n) is 4.17. The van der Waals surface area contributed by atoms with Crippen LogP contribution in [-0.4, -0.2) is 21.5 Å². The molecule has 0 amide bonds. The van der Waals surface area contributed by atoms with Crippen LogP contribution < -0.4 is 5.32 Å². The summed E-state index contributed by atoms with van der Waals surface area (Å²) in [5.74, 6) is 1.76. The van der Waals surface area contributed by atoms with Gasteiger partial charge in [-0.2, -0.15) is 0 Å². The molecule has 94 valence electrons. The third-order valence-corrected chi connectivity index (χ3v) is 4.67. The molecule has 0 saturated heterocycles. The number of aryl methyl sites for hydroxylation is 1.